The van der Waals surface area contributed by atoms with Crippen molar-refractivity contribution in [1.82, 2.24) is 9.88 Å². The highest BCUT2D eigenvalue weighted by molar-refractivity contribution is 5.82. The number of para-hydroxylation sites is 1. The normalized spacial score (nSPS) is 19.6. The summed E-state index contributed by atoms with van der Waals surface area (Å²) in [6.45, 7) is 0.646. The van der Waals surface area contributed by atoms with E-state index in [1.807, 2.05) is 35.2 Å². The van der Waals surface area contributed by atoms with Gasteiger partial charge in [-0.15, -0.1) is 0 Å². The van der Waals surface area contributed by atoms with Crippen LogP contribution in [0.3, 0.4) is 0 Å². The molecule has 4 rings (SSSR count). The van der Waals surface area contributed by atoms with Crippen molar-refractivity contribution in [3.63, 3.8) is 0 Å². The molecule has 1 aromatic heterocycles. The second-order valence-electron chi connectivity index (χ2n) is 6.31. The molecule has 2 aliphatic rings. The zero-order chi connectivity index (χ0) is 15.6. The van der Waals surface area contributed by atoms with Crippen LogP contribution in [0.5, 0.6) is 5.75 Å². The summed E-state index contributed by atoms with van der Waals surface area (Å²) in [7, 11) is 0. The third kappa shape index (κ3) is 3.07. The van der Waals surface area contributed by atoms with Gasteiger partial charge in [-0.3, -0.25) is 9.78 Å². The van der Waals surface area contributed by atoms with Gasteiger partial charge in [-0.2, -0.15) is 0 Å². The molecule has 1 unspecified atom stereocenters. The van der Waals surface area contributed by atoms with Crippen molar-refractivity contribution in [2.24, 2.45) is 0 Å². The van der Waals surface area contributed by atoms with E-state index in [9.17, 15) is 4.79 Å². The lowest BCUT2D eigenvalue weighted by Crippen LogP contribution is -2.44. The zero-order valence-electron chi connectivity index (χ0n) is 13.0. The summed E-state index contributed by atoms with van der Waals surface area (Å²) < 4.78 is 5.99. The van der Waals surface area contributed by atoms with Crippen LogP contribution < -0.4 is 4.74 Å². The highest BCUT2D eigenvalue weighted by Crippen LogP contribution is 2.32. The predicted molar refractivity (Wildman–Crippen MR) is 87.0 cm³/mol. The Morgan fingerprint density at radius 2 is 1.91 bits per heavy atom. The van der Waals surface area contributed by atoms with Gasteiger partial charge in [0.1, 0.15) is 5.75 Å². The van der Waals surface area contributed by atoms with E-state index >= 15 is 0 Å². The molecule has 1 aliphatic carbocycles. The Balaban J connectivity index is 1.50. The molecule has 1 aliphatic heterocycles. The monoisotopic (exact) mass is 308 g/mol. The molecule has 0 spiro atoms. The molecule has 4 nitrogen and oxygen atoms in total. The van der Waals surface area contributed by atoms with Gasteiger partial charge in [-0.05, 0) is 55.0 Å². The Labute approximate surface area is 136 Å². The number of benzene rings is 1. The van der Waals surface area contributed by atoms with Crippen LogP contribution in [0.4, 0.5) is 0 Å². The van der Waals surface area contributed by atoms with E-state index < -0.39 is 0 Å². The molecule has 118 valence electrons. The van der Waals surface area contributed by atoms with E-state index in [0.29, 0.717) is 12.6 Å². The van der Waals surface area contributed by atoms with Crippen molar-refractivity contribution in [3.8, 4) is 5.75 Å². The lowest BCUT2D eigenvalue weighted by molar-refractivity contribution is -0.140. The standard InChI is InChI=1S/C19H20N2O2/c22-19(18-8-5-15-3-1-2-4-17(15)23-18)21(16-6-7-16)13-14-9-11-20-12-10-14/h1-4,9-12,16,18H,5-8,13H2. The fourth-order valence-electron chi connectivity index (χ4n) is 3.14. The number of fused-ring (bicyclic) bond motifs is 1. The molecule has 1 saturated carbocycles. The number of amides is 1. The van der Waals surface area contributed by atoms with E-state index in [4.69, 9.17) is 4.74 Å². The Bertz CT molecular complexity index is 698. The SMILES string of the molecule is O=C(C1CCc2ccccc2O1)N(Cc1ccncc1)C1CC1. The Hall–Kier alpha value is -2.36. The van der Waals surface area contributed by atoms with Gasteiger partial charge in [-0.1, -0.05) is 18.2 Å². The van der Waals surface area contributed by atoms with Crippen LogP contribution in [0.2, 0.25) is 0 Å². The highest BCUT2D eigenvalue weighted by atomic mass is 16.5. The average molecular weight is 308 g/mol. The van der Waals surface area contributed by atoms with Crippen LogP contribution in [0.15, 0.2) is 48.8 Å². The number of nitrogens with zero attached hydrogens (tertiary/aromatic N) is 2. The Morgan fingerprint density at radius 1 is 1.13 bits per heavy atom. The zero-order valence-corrected chi connectivity index (χ0v) is 13.0. The third-order valence-electron chi connectivity index (χ3n) is 4.57. The fraction of sp³-hybridized carbons (Fsp3) is 0.368. The van der Waals surface area contributed by atoms with Gasteiger partial charge < -0.3 is 9.64 Å². The summed E-state index contributed by atoms with van der Waals surface area (Å²) >= 11 is 0. The number of rotatable bonds is 4. The van der Waals surface area contributed by atoms with E-state index in [1.54, 1.807) is 12.4 Å². The molecule has 0 saturated heterocycles. The number of aryl methyl sites for hydroxylation is 1. The minimum atomic E-state index is -0.354. The second kappa shape index (κ2) is 6.03. The molecule has 4 heteroatoms. The maximum Gasteiger partial charge on any atom is 0.264 e. The van der Waals surface area contributed by atoms with E-state index in [0.717, 1.165) is 37.0 Å². The van der Waals surface area contributed by atoms with Crippen molar-refractivity contribution < 1.29 is 9.53 Å². The van der Waals surface area contributed by atoms with Crippen molar-refractivity contribution >= 4 is 5.91 Å². The van der Waals surface area contributed by atoms with Gasteiger partial charge in [0.25, 0.3) is 5.91 Å². The van der Waals surface area contributed by atoms with Gasteiger partial charge in [0.15, 0.2) is 6.10 Å². The molecule has 0 radical (unpaired) electrons. The summed E-state index contributed by atoms with van der Waals surface area (Å²) in [5.41, 5.74) is 2.32. The number of hydrogen-bond donors (Lipinski definition) is 0. The topological polar surface area (TPSA) is 42.4 Å². The number of pyridine rings is 1. The molecule has 23 heavy (non-hydrogen) atoms. The van der Waals surface area contributed by atoms with Gasteiger partial charge in [0.05, 0.1) is 0 Å². The molecule has 2 aromatic rings. The van der Waals surface area contributed by atoms with Crippen molar-refractivity contribution in [3.05, 3.63) is 59.9 Å². The number of carbonyl (C=O) groups is 1. The number of aromatic nitrogens is 1. The minimum absolute atomic E-state index is 0.124. The van der Waals surface area contributed by atoms with Gasteiger partial charge in [0, 0.05) is 25.0 Å². The Morgan fingerprint density at radius 3 is 2.70 bits per heavy atom. The quantitative estimate of drug-likeness (QED) is 0.872. The molecule has 1 aromatic carbocycles. The fourth-order valence-corrected chi connectivity index (χ4v) is 3.14. The van der Waals surface area contributed by atoms with Crippen LogP contribution in [0.25, 0.3) is 0 Å². The first-order valence-corrected chi connectivity index (χ1v) is 8.25. The molecule has 1 atom stereocenters. The molecule has 0 bridgehead atoms. The summed E-state index contributed by atoms with van der Waals surface area (Å²) in [4.78, 5) is 19.0. The largest absolute Gasteiger partial charge is 0.480 e. The molecule has 2 heterocycles. The van der Waals surface area contributed by atoms with Crippen LogP contribution in [-0.2, 0) is 17.8 Å². The first-order chi connectivity index (χ1) is 11.3. The van der Waals surface area contributed by atoms with E-state index in [2.05, 4.69) is 11.1 Å². The summed E-state index contributed by atoms with van der Waals surface area (Å²) in [6.07, 6.45) is 7.05. The first kappa shape index (κ1) is 14.2. The smallest absolute Gasteiger partial charge is 0.264 e. The van der Waals surface area contributed by atoms with Crippen LogP contribution in [0.1, 0.15) is 30.4 Å². The van der Waals surface area contributed by atoms with Crippen LogP contribution in [-0.4, -0.2) is 27.9 Å². The van der Waals surface area contributed by atoms with Crippen molar-refractivity contribution in [1.29, 1.82) is 0 Å². The molecule has 0 N–H and O–H groups in total. The second-order valence-corrected chi connectivity index (χ2v) is 6.31. The van der Waals surface area contributed by atoms with E-state index in [1.165, 1.54) is 5.56 Å². The number of hydrogen-bond acceptors (Lipinski definition) is 3. The lowest BCUT2D eigenvalue weighted by atomic mass is 10.0. The predicted octanol–water partition coefficient (Wildman–Crippen LogP) is 2.97. The van der Waals surface area contributed by atoms with Gasteiger partial charge in [0.2, 0.25) is 0 Å². The highest BCUT2D eigenvalue weighted by Gasteiger charge is 2.37. The molecular weight excluding hydrogens is 288 g/mol. The summed E-state index contributed by atoms with van der Waals surface area (Å²) in [6, 6.07) is 12.3. The van der Waals surface area contributed by atoms with Crippen LogP contribution >= 0.6 is 0 Å². The maximum absolute atomic E-state index is 13.0. The van der Waals surface area contributed by atoms with Crippen molar-refractivity contribution in [2.45, 2.75) is 44.4 Å². The first-order valence-electron chi connectivity index (χ1n) is 8.25. The summed E-state index contributed by atoms with van der Waals surface area (Å²) in [5, 5.41) is 0. The molecular formula is C19H20N2O2. The average Bonchev–Trinajstić information content (AvgIpc) is 3.44. The minimum Gasteiger partial charge on any atom is -0.480 e. The Kier molecular flexibility index (Phi) is 3.74. The van der Waals surface area contributed by atoms with Crippen LogP contribution in [0, 0.1) is 0 Å². The van der Waals surface area contributed by atoms with Crippen molar-refractivity contribution in [2.75, 3.05) is 0 Å². The van der Waals surface area contributed by atoms with E-state index in [-0.39, 0.29) is 12.0 Å². The lowest BCUT2D eigenvalue weighted by Gasteiger charge is -2.31. The molecule has 1 amide bonds. The summed E-state index contributed by atoms with van der Waals surface area (Å²) in [5.74, 6) is 0.982. The van der Waals surface area contributed by atoms with Gasteiger partial charge in [-0.25, -0.2) is 0 Å². The molecule has 1 fully saturated rings. The number of carbonyl (C=O) groups excluding carboxylic acids is 1. The number of ether oxygens (including phenoxy) is 1. The third-order valence-corrected chi connectivity index (χ3v) is 4.57. The van der Waals surface area contributed by atoms with Gasteiger partial charge >= 0.3 is 0 Å². The maximum atomic E-state index is 13.0.